The molecule has 2 atom stereocenters. The molecule has 2 aliphatic rings. The number of hydrogen-bond acceptors (Lipinski definition) is 6. The van der Waals surface area contributed by atoms with Crippen molar-refractivity contribution in [2.24, 2.45) is 0 Å². The maximum absolute atomic E-state index is 13.7. The number of aliphatic hydroxyl groups excluding tert-OH is 1. The minimum Gasteiger partial charge on any atom is -0.459 e. The summed E-state index contributed by atoms with van der Waals surface area (Å²) in [6.07, 6.45) is 5.09. The van der Waals surface area contributed by atoms with Crippen LogP contribution < -0.4 is 0 Å². The number of carbonyl (C=O) groups excluding carboxylic acids is 2. The molecular weight excluding hydrogens is 494 g/mol. The fraction of sp³-hybridized carbons (Fsp3) is 0.419. The largest absolute Gasteiger partial charge is 0.459 e. The van der Waals surface area contributed by atoms with Crippen LogP contribution in [-0.4, -0.2) is 77.0 Å². The first-order valence-corrected chi connectivity index (χ1v) is 13.8. The van der Waals surface area contributed by atoms with E-state index in [2.05, 4.69) is 29.2 Å². The van der Waals surface area contributed by atoms with Crippen molar-refractivity contribution in [1.82, 2.24) is 14.4 Å². The number of aliphatic hydroxyl groups is 1. The molecule has 0 aliphatic carbocycles. The number of piperazine rings is 1. The highest BCUT2D eigenvalue weighted by molar-refractivity contribution is 5.95. The SMILES string of the molecule is CC(=O)n1cc([C@H]2C=C(C(=O)N3CCN(Cc4ccccc4)CC3)O[C@@H](OCCCCO)C2)c2ccccc21. The van der Waals surface area contributed by atoms with Gasteiger partial charge < -0.3 is 19.5 Å². The monoisotopic (exact) mass is 531 g/mol. The molecule has 1 N–H and O–H groups in total. The number of nitrogens with zero attached hydrogens (tertiary/aromatic N) is 3. The van der Waals surface area contributed by atoms with E-state index >= 15 is 0 Å². The van der Waals surface area contributed by atoms with Gasteiger partial charge in [-0.15, -0.1) is 0 Å². The van der Waals surface area contributed by atoms with E-state index in [-0.39, 0.29) is 24.3 Å². The lowest BCUT2D eigenvalue weighted by atomic mass is 9.92. The van der Waals surface area contributed by atoms with E-state index in [1.807, 2.05) is 47.5 Å². The van der Waals surface area contributed by atoms with Crippen molar-refractivity contribution in [1.29, 1.82) is 0 Å². The molecular formula is C31H37N3O5. The number of unbranched alkanes of at least 4 members (excludes halogenated alkanes) is 1. The molecule has 0 spiro atoms. The first kappa shape index (κ1) is 27.1. The third kappa shape index (κ3) is 6.41. The Labute approximate surface area is 229 Å². The van der Waals surface area contributed by atoms with Crippen LogP contribution in [0, 0.1) is 0 Å². The van der Waals surface area contributed by atoms with Crippen LogP contribution in [0.3, 0.4) is 0 Å². The standard InChI is InChI=1S/C31H37N3O5/c1-23(36)34-22-27(26-11-5-6-12-28(26)34)25-19-29(39-30(20-25)38-18-8-7-17-35)31(37)33-15-13-32(14-16-33)21-24-9-3-2-4-10-24/h2-6,9-12,19,22,25,30,35H,7-8,13-18,20-21H2,1H3/t25-,30+/m0/s1. The van der Waals surface area contributed by atoms with Crippen LogP contribution in [0.4, 0.5) is 0 Å². The summed E-state index contributed by atoms with van der Waals surface area (Å²) >= 11 is 0. The van der Waals surface area contributed by atoms with Crippen molar-refractivity contribution in [2.75, 3.05) is 39.4 Å². The van der Waals surface area contributed by atoms with Gasteiger partial charge in [0.25, 0.3) is 5.91 Å². The smallest absolute Gasteiger partial charge is 0.288 e. The highest BCUT2D eigenvalue weighted by atomic mass is 16.7. The molecule has 8 nitrogen and oxygen atoms in total. The molecule has 1 fully saturated rings. The minimum atomic E-state index is -0.587. The van der Waals surface area contributed by atoms with Gasteiger partial charge >= 0.3 is 0 Å². The average Bonchev–Trinajstić information content (AvgIpc) is 3.36. The number of rotatable bonds is 9. The summed E-state index contributed by atoms with van der Waals surface area (Å²) in [5.41, 5.74) is 3.10. The molecule has 39 heavy (non-hydrogen) atoms. The highest BCUT2D eigenvalue weighted by Gasteiger charge is 2.33. The lowest BCUT2D eigenvalue weighted by Crippen LogP contribution is -2.49. The number of hydrogen-bond donors (Lipinski definition) is 1. The Morgan fingerprint density at radius 3 is 2.49 bits per heavy atom. The van der Waals surface area contributed by atoms with Gasteiger partial charge in [0.1, 0.15) is 0 Å². The zero-order valence-electron chi connectivity index (χ0n) is 22.5. The molecule has 1 saturated heterocycles. The summed E-state index contributed by atoms with van der Waals surface area (Å²) in [6.45, 7) is 5.82. The maximum Gasteiger partial charge on any atom is 0.288 e. The number of ether oxygens (including phenoxy) is 2. The van der Waals surface area contributed by atoms with Crippen molar-refractivity contribution in [3.05, 3.63) is 83.8 Å². The summed E-state index contributed by atoms with van der Waals surface area (Å²) in [4.78, 5) is 30.2. The van der Waals surface area contributed by atoms with E-state index in [9.17, 15) is 9.59 Å². The van der Waals surface area contributed by atoms with Crippen molar-refractivity contribution in [3.8, 4) is 0 Å². The normalized spacial score (nSPS) is 20.1. The molecule has 5 rings (SSSR count). The van der Waals surface area contributed by atoms with Crippen molar-refractivity contribution >= 4 is 22.7 Å². The van der Waals surface area contributed by atoms with Gasteiger partial charge in [-0.3, -0.25) is 19.1 Å². The number of carbonyl (C=O) groups is 2. The number of benzene rings is 2. The van der Waals surface area contributed by atoms with Crippen LogP contribution in [-0.2, 0) is 20.8 Å². The molecule has 0 saturated carbocycles. The molecule has 206 valence electrons. The van der Waals surface area contributed by atoms with Crippen molar-refractivity contribution < 1.29 is 24.2 Å². The second-order valence-corrected chi connectivity index (χ2v) is 10.3. The molecule has 1 amide bonds. The van der Waals surface area contributed by atoms with Crippen molar-refractivity contribution in [2.45, 2.75) is 44.9 Å². The topological polar surface area (TPSA) is 84.2 Å². The lowest BCUT2D eigenvalue weighted by molar-refractivity contribution is -0.154. The van der Waals surface area contributed by atoms with E-state index in [1.165, 1.54) is 5.56 Å². The van der Waals surface area contributed by atoms with Gasteiger partial charge in [-0.2, -0.15) is 0 Å². The minimum absolute atomic E-state index is 0.0602. The number of para-hydroxylation sites is 1. The third-order valence-corrected chi connectivity index (χ3v) is 7.51. The number of allylic oxidation sites excluding steroid dienone is 1. The van der Waals surface area contributed by atoms with E-state index in [1.54, 1.807) is 11.5 Å². The molecule has 2 aliphatic heterocycles. The summed E-state index contributed by atoms with van der Waals surface area (Å²) in [7, 11) is 0. The Morgan fingerprint density at radius 1 is 1.00 bits per heavy atom. The number of aromatic nitrogens is 1. The van der Waals surface area contributed by atoms with Gasteiger partial charge in [0.2, 0.25) is 12.2 Å². The Bertz CT molecular complexity index is 1310. The molecule has 3 aromatic rings. The Balaban J connectivity index is 1.34. The lowest BCUT2D eigenvalue weighted by Gasteiger charge is -2.36. The van der Waals surface area contributed by atoms with Gasteiger partial charge in [0, 0.05) is 70.2 Å². The first-order chi connectivity index (χ1) is 19.0. The van der Waals surface area contributed by atoms with Crippen LogP contribution in [0.2, 0.25) is 0 Å². The number of amides is 1. The van der Waals surface area contributed by atoms with Gasteiger partial charge in [-0.1, -0.05) is 48.5 Å². The molecule has 1 aromatic heterocycles. The molecule has 0 unspecified atom stereocenters. The van der Waals surface area contributed by atoms with Crippen LogP contribution in [0.25, 0.3) is 10.9 Å². The second-order valence-electron chi connectivity index (χ2n) is 10.3. The molecule has 0 bridgehead atoms. The van der Waals surface area contributed by atoms with Gasteiger partial charge in [0.15, 0.2) is 5.76 Å². The predicted molar refractivity (Wildman–Crippen MR) is 149 cm³/mol. The molecule has 0 radical (unpaired) electrons. The van der Waals surface area contributed by atoms with Crippen LogP contribution >= 0.6 is 0 Å². The highest BCUT2D eigenvalue weighted by Crippen LogP contribution is 2.37. The predicted octanol–water partition coefficient (Wildman–Crippen LogP) is 4.15. The Morgan fingerprint density at radius 2 is 1.74 bits per heavy atom. The summed E-state index contributed by atoms with van der Waals surface area (Å²) in [6, 6.07) is 18.2. The van der Waals surface area contributed by atoms with Crippen LogP contribution in [0.5, 0.6) is 0 Å². The van der Waals surface area contributed by atoms with Gasteiger partial charge in [-0.25, -0.2) is 0 Å². The molecule has 3 heterocycles. The first-order valence-electron chi connectivity index (χ1n) is 13.8. The van der Waals surface area contributed by atoms with E-state index in [4.69, 9.17) is 14.6 Å². The van der Waals surface area contributed by atoms with Crippen LogP contribution in [0.1, 0.15) is 48.0 Å². The quantitative estimate of drug-likeness (QED) is 0.418. The van der Waals surface area contributed by atoms with Gasteiger partial charge in [0.05, 0.1) is 12.1 Å². The molecule has 8 heteroatoms. The van der Waals surface area contributed by atoms with E-state index in [0.29, 0.717) is 44.7 Å². The summed E-state index contributed by atoms with van der Waals surface area (Å²) in [5, 5.41) is 10.1. The fourth-order valence-corrected chi connectivity index (χ4v) is 5.42. The van der Waals surface area contributed by atoms with Crippen molar-refractivity contribution in [3.63, 3.8) is 0 Å². The third-order valence-electron chi connectivity index (χ3n) is 7.51. The van der Waals surface area contributed by atoms with Gasteiger partial charge in [-0.05, 0) is 36.1 Å². The summed E-state index contributed by atoms with van der Waals surface area (Å²) in [5.74, 6) is -0.0340. The number of fused-ring (bicyclic) bond motifs is 1. The van der Waals surface area contributed by atoms with E-state index < -0.39 is 6.29 Å². The Hall–Kier alpha value is -3.46. The maximum atomic E-state index is 13.7. The van der Waals surface area contributed by atoms with E-state index in [0.717, 1.165) is 36.1 Å². The molecule has 2 aromatic carbocycles. The Kier molecular flexibility index (Phi) is 8.76. The fourth-order valence-electron chi connectivity index (χ4n) is 5.42. The average molecular weight is 532 g/mol. The van der Waals surface area contributed by atoms with Crippen LogP contribution in [0.15, 0.2) is 72.6 Å². The second kappa shape index (κ2) is 12.6. The summed E-state index contributed by atoms with van der Waals surface area (Å²) < 4.78 is 13.8. The zero-order valence-corrected chi connectivity index (χ0v) is 22.5. The zero-order chi connectivity index (χ0) is 27.2.